The van der Waals surface area contributed by atoms with Crippen LogP contribution in [0.1, 0.15) is 46.0 Å². The molecule has 1 fully saturated rings. The van der Waals surface area contributed by atoms with Crippen LogP contribution in [-0.2, 0) is 4.79 Å². The van der Waals surface area contributed by atoms with Gasteiger partial charge in [0.05, 0.1) is 11.8 Å². The normalized spacial score (nSPS) is 16.8. The number of thioether (sulfide) groups is 1. The van der Waals surface area contributed by atoms with Gasteiger partial charge in [-0.2, -0.15) is 5.26 Å². The molecule has 126 valence electrons. The topological polar surface area (TPSA) is 90.7 Å². The van der Waals surface area contributed by atoms with Gasteiger partial charge in [-0.25, -0.2) is 0 Å². The third-order valence-electron chi connectivity index (χ3n) is 3.69. The molecule has 0 atom stereocenters. The molecule has 0 bridgehead atoms. The van der Waals surface area contributed by atoms with Crippen LogP contribution in [0, 0.1) is 17.2 Å². The van der Waals surface area contributed by atoms with Crippen molar-refractivity contribution < 1.29 is 4.79 Å². The summed E-state index contributed by atoms with van der Waals surface area (Å²) in [6, 6.07) is 2.30. The minimum absolute atomic E-state index is 0.106. The summed E-state index contributed by atoms with van der Waals surface area (Å²) in [7, 11) is 0. The monoisotopic (exact) mass is 353 g/mol. The maximum atomic E-state index is 12.1. The van der Waals surface area contributed by atoms with Crippen LogP contribution in [-0.4, -0.2) is 33.9 Å². The minimum Gasteiger partial charge on any atom is -0.360 e. The summed E-state index contributed by atoms with van der Waals surface area (Å²) in [5, 5.41) is 24.4. The molecule has 0 spiro atoms. The Bertz CT molecular complexity index is 560. The van der Waals surface area contributed by atoms with Crippen molar-refractivity contribution in [3.05, 3.63) is 0 Å². The van der Waals surface area contributed by atoms with Crippen molar-refractivity contribution >= 4 is 34.1 Å². The number of carbonyl (C=O) groups is 1. The second-order valence-corrected chi connectivity index (χ2v) is 8.44. The molecule has 8 heteroatoms. The Hall–Kier alpha value is -1.33. The van der Waals surface area contributed by atoms with Gasteiger partial charge < -0.3 is 10.6 Å². The number of nitrogens with one attached hydrogen (secondary N) is 2. The summed E-state index contributed by atoms with van der Waals surface area (Å²) >= 11 is 2.82. The van der Waals surface area contributed by atoms with Crippen LogP contribution in [0.2, 0.25) is 0 Å². The molecule has 2 rings (SSSR count). The predicted octanol–water partition coefficient (Wildman–Crippen LogP) is 3.04. The number of nitriles is 1. The first-order valence-electron chi connectivity index (χ1n) is 7.95. The molecule has 1 aliphatic carbocycles. The van der Waals surface area contributed by atoms with E-state index in [9.17, 15) is 10.1 Å². The molecule has 0 radical (unpaired) electrons. The average molecular weight is 354 g/mol. The number of rotatable bonds is 7. The molecule has 1 aliphatic rings. The Balaban J connectivity index is 1.79. The van der Waals surface area contributed by atoms with Crippen molar-refractivity contribution in [3.8, 4) is 6.07 Å². The van der Waals surface area contributed by atoms with Gasteiger partial charge in [-0.3, -0.25) is 4.79 Å². The number of carbonyl (C=O) groups excluding carboxylic acids is 1. The summed E-state index contributed by atoms with van der Waals surface area (Å²) in [5.74, 6) is 0.700. The fourth-order valence-electron chi connectivity index (χ4n) is 2.48. The zero-order valence-corrected chi connectivity index (χ0v) is 15.2. The van der Waals surface area contributed by atoms with Crippen molar-refractivity contribution in [2.24, 2.45) is 5.92 Å². The van der Waals surface area contributed by atoms with Gasteiger partial charge in [-0.15, -0.1) is 10.2 Å². The second kappa shape index (κ2) is 8.50. The second-order valence-electron chi connectivity index (χ2n) is 6.24. The third-order valence-corrected chi connectivity index (χ3v) is 5.71. The summed E-state index contributed by atoms with van der Waals surface area (Å²) in [4.78, 5) is 12.1. The van der Waals surface area contributed by atoms with Gasteiger partial charge in [-0.1, -0.05) is 56.2 Å². The summed E-state index contributed by atoms with van der Waals surface area (Å²) in [6.45, 7) is 5.11. The molecule has 0 aromatic carbocycles. The molecule has 1 aromatic rings. The van der Waals surface area contributed by atoms with E-state index in [-0.39, 0.29) is 11.7 Å². The standard InChI is InChI=1S/C15H23N5OS2/c1-11(2)8-17-13-19-20-14(23-13)22-9-12(21)18-15(10-16)6-4-3-5-7-15/h11H,3-9H2,1-2H3,(H,17,19)(H,18,21). The Morgan fingerprint density at radius 3 is 2.78 bits per heavy atom. The number of aromatic nitrogens is 2. The molecule has 0 aliphatic heterocycles. The maximum Gasteiger partial charge on any atom is 0.231 e. The molecule has 23 heavy (non-hydrogen) atoms. The number of anilines is 1. The molecule has 1 saturated carbocycles. The first-order valence-corrected chi connectivity index (χ1v) is 9.76. The van der Waals surface area contributed by atoms with E-state index in [0.717, 1.165) is 48.1 Å². The van der Waals surface area contributed by atoms with Crippen LogP contribution in [0.3, 0.4) is 0 Å². The lowest BCUT2D eigenvalue weighted by atomic mass is 9.83. The molecule has 1 heterocycles. The van der Waals surface area contributed by atoms with Gasteiger partial charge in [0.25, 0.3) is 0 Å². The van der Waals surface area contributed by atoms with Gasteiger partial charge >= 0.3 is 0 Å². The molecule has 0 saturated heterocycles. The first kappa shape index (κ1) is 18.0. The molecule has 0 unspecified atom stereocenters. The Morgan fingerprint density at radius 1 is 1.39 bits per heavy atom. The average Bonchev–Trinajstić information content (AvgIpc) is 3.00. The smallest absolute Gasteiger partial charge is 0.231 e. The van der Waals surface area contributed by atoms with Crippen LogP contribution < -0.4 is 10.6 Å². The van der Waals surface area contributed by atoms with Crippen LogP contribution >= 0.6 is 23.1 Å². The van der Waals surface area contributed by atoms with E-state index >= 15 is 0 Å². The lowest BCUT2D eigenvalue weighted by Gasteiger charge is -2.31. The Labute approximate surface area is 145 Å². The highest BCUT2D eigenvalue weighted by molar-refractivity contribution is 8.01. The predicted molar refractivity (Wildman–Crippen MR) is 93.5 cm³/mol. The fraction of sp³-hybridized carbons (Fsp3) is 0.733. The maximum absolute atomic E-state index is 12.1. The van der Waals surface area contributed by atoms with E-state index in [1.165, 1.54) is 23.1 Å². The number of nitrogens with zero attached hydrogens (tertiary/aromatic N) is 3. The van der Waals surface area contributed by atoms with Crippen LogP contribution in [0.25, 0.3) is 0 Å². The molecule has 1 amide bonds. The number of hydrogen-bond donors (Lipinski definition) is 2. The van der Waals surface area contributed by atoms with E-state index in [2.05, 4.69) is 40.7 Å². The summed E-state index contributed by atoms with van der Waals surface area (Å²) in [5.41, 5.74) is -0.666. The third kappa shape index (κ3) is 5.66. The zero-order chi connectivity index (χ0) is 16.7. The zero-order valence-electron chi connectivity index (χ0n) is 13.6. The van der Waals surface area contributed by atoms with Crippen LogP contribution in [0.15, 0.2) is 4.34 Å². The van der Waals surface area contributed by atoms with Gasteiger partial charge in [0.2, 0.25) is 11.0 Å². The highest BCUT2D eigenvalue weighted by Crippen LogP contribution is 2.29. The molecule has 2 N–H and O–H groups in total. The van der Waals surface area contributed by atoms with Gasteiger partial charge in [0, 0.05) is 6.54 Å². The quantitative estimate of drug-likeness (QED) is 0.732. The van der Waals surface area contributed by atoms with Crippen LogP contribution in [0.4, 0.5) is 5.13 Å². The highest BCUT2D eigenvalue weighted by atomic mass is 32.2. The Kier molecular flexibility index (Phi) is 6.66. The van der Waals surface area contributed by atoms with Crippen LogP contribution in [0.5, 0.6) is 0 Å². The van der Waals surface area contributed by atoms with E-state index in [1.54, 1.807) is 0 Å². The van der Waals surface area contributed by atoms with E-state index in [0.29, 0.717) is 5.92 Å². The lowest BCUT2D eigenvalue weighted by molar-refractivity contribution is -0.120. The highest BCUT2D eigenvalue weighted by Gasteiger charge is 2.33. The molecular weight excluding hydrogens is 330 g/mol. The van der Waals surface area contributed by atoms with Crippen molar-refractivity contribution in [2.45, 2.75) is 55.8 Å². The van der Waals surface area contributed by atoms with Crippen molar-refractivity contribution in [1.82, 2.24) is 15.5 Å². The Morgan fingerprint density at radius 2 is 2.13 bits per heavy atom. The van der Waals surface area contributed by atoms with E-state index in [4.69, 9.17) is 0 Å². The van der Waals surface area contributed by atoms with Crippen molar-refractivity contribution in [3.63, 3.8) is 0 Å². The van der Waals surface area contributed by atoms with Crippen molar-refractivity contribution in [2.75, 3.05) is 17.6 Å². The molecule has 1 aromatic heterocycles. The number of hydrogen-bond acceptors (Lipinski definition) is 7. The fourth-order valence-corrected chi connectivity index (χ4v) is 4.04. The van der Waals surface area contributed by atoms with E-state index in [1.807, 2.05) is 0 Å². The van der Waals surface area contributed by atoms with Gasteiger partial charge in [0.1, 0.15) is 5.54 Å². The number of amides is 1. The minimum atomic E-state index is -0.666. The van der Waals surface area contributed by atoms with Gasteiger partial charge in [0.15, 0.2) is 4.34 Å². The SMILES string of the molecule is CC(C)CNc1nnc(SCC(=O)NC2(C#N)CCCCC2)s1. The molecule has 6 nitrogen and oxygen atoms in total. The van der Waals surface area contributed by atoms with Crippen molar-refractivity contribution in [1.29, 1.82) is 5.26 Å². The summed E-state index contributed by atoms with van der Waals surface area (Å²) < 4.78 is 0.765. The lowest BCUT2D eigenvalue weighted by Crippen LogP contribution is -2.49. The largest absolute Gasteiger partial charge is 0.360 e. The first-order chi connectivity index (χ1) is 11.0. The molecular formula is C15H23N5OS2. The van der Waals surface area contributed by atoms with Gasteiger partial charge in [-0.05, 0) is 18.8 Å². The summed E-state index contributed by atoms with van der Waals surface area (Å²) in [6.07, 6.45) is 4.65. The van der Waals surface area contributed by atoms with E-state index < -0.39 is 5.54 Å².